The Labute approximate surface area is 303 Å². The molecule has 2 bridgehead atoms. The van der Waals surface area contributed by atoms with Crippen molar-refractivity contribution in [2.45, 2.75) is 58.5 Å². The summed E-state index contributed by atoms with van der Waals surface area (Å²) in [6.45, 7) is 32.6. The third-order valence-corrected chi connectivity index (χ3v) is 60.6. The van der Waals surface area contributed by atoms with Crippen molar-refractivity contribution >= 4 is 30.9 Å². The molecule has 4 aliphatic heterocycles. The molecule has 15 heteroatoms. The normalized spacial score (nSPS) is 27.2. The minimum atomic E-state index is -2.54. The van der Waals surface area contributed by atoms with Crippen molar-refractivity contribution in [2.75, 3.05) is 119 Å². The second-order valence-corrected chi connectivity index (χ2v) is 44.2. The molecule has 0 amide bonds. The second-order valence-electron chi connectivity index (χ2n) is 13.1. The summed E-state index contributed by atoms with van der Waals surface area (Å²) in [5.74, 6) is 0. The summed E-state index contributed by atoms with van der Waals surface area (Å²) in [5, 5.41) is 0.357. The van der Waals surface area contributed by atoms with E-state index in [9.17, 15) is 0 Å². The summed E-state index contributed by atoms with van der Waals surface area (Å²) in [6, 6.07) is 0. The van der Waals surface area contributed by atoms with Crippen LogP contribution in [0.1, 0.15) is 20.8 Å². The summed E-state index contributed by atoms with van der Waals surface area (Å²) in [5.41, 5.74) is 0. The molecule has 4 saturated heterocycles. The molecule has 0 aromatic carbocycles. The first kappa shape index (κ1) is 42.1. The number of nitrogens with zero attached hydrogens (tertiary/aromatic N) is 1. The summed E-state index contributed by atoms with van der Waals surface area (Å²) in [6.07, 6.45) is 0. The van der Waals surface area contributed by atoms with Gasteiger partial charge in [0.25, 0.3) is 8.32 Å². The van der Waals surface area contributed by atoms with E-state index in [1.165, 1.54) is 0 Å². The van der Waals surface area contributed by atoms with Crippen LogP contribution < -0.4 is 51.4 Å². The number of fused-ring (bicyclic) bond motifs is 6. The van der Waals surface area contributed by atoms with Crippen LogP contribution in [-0.2, 0) is 41.7 Å². The molecule has 4 fully saturated rings. The van der Waals surface area contributed by atoms with Crippen molar-refractivity contribution in [1.29, 1.82) is 0 Å². The Morgan fingerprint density at radius 2 is 0.762 bits per heavy atom. The van der Waals surface area contributed by atoms with Gasteiger partial charge in [0, 0.05) is 39.5 Å². The number of ether oxygens (including phenoxy) is 6. The SMILES string of the molecule is C1COCCOCCOCCOCCOCCO1.CC(C)(C)[Si](C)(C)[Si-]([Si](C)(C)C)[Si]12OCCN(CCO1)CCO2.[K+]. The third kappa shape index (κ3) is 15.3. The van der Waals surface area contributed by atoms with Gasteiger partial charge in [0.05, 0.1) is 79.3 Å². The van der Waals surface area contributed by atoms with Crippen molar-refractivity contribution in [3.63, 3.8) is 0 Å². The van der Waals surface area contributed by atoms with Crippen LogP contribution in [0.3, 0.4) is 0 Å². The van der Waals surface area contributed by atoms with Crippen molar-refractivity contribution in [3.05, 3.63) is 0 Å². The van der Waals surface area contributed by atoms with Crippen molar-refractivity contribution in [2.24, 2.45) is 0 Å². The molecule has 244 valence electrons. The van der Waals surface area contributed by atoms with Gasteiger partial charge in [-0.25, -0.2) is 0 Å². The van der Waals surface area contributed by atoms with E-state index in [0.29, 0.717) is 84.3 Å². The van der Waals surface area contributed by atoms with Gasteiger partial charge in [0.1, 0.15) is 0 Å². The minimum absolute atomic E-state index is 0. The molecular formula is C27H60KNO9Si4. The molecule has 0 atom stereocenters. The average Bonchev–Trinajstić information content (AvgIpc) is 2.83. The summed E-state index contributed by atoms with van der Waals surface area (Å²) < 4.78 is 51.7. The fourth-order valence-electron chi connectivity index (χ4n) is 5.08. The molecule has 4 heterocycles. The van der Waals surface area contributed by atoms with Crippen LogP contribution in [0.25, 0.3) is 0 Å². The fourth-order valence-corrected chi connectivity index (χ4v) is 69.0. The molecular weight excluding hydrogens is 634 g/mol. The second kappa shape index (κ2) is 21.9. The Kier molecular flexibility index (Phi) is 21.9. The van der Waals surface area contributed by atoms with Crippen LogP contribution in [-0.4, -0.2) is 154 Å². The zero-order valence-corrected chi connectivity index (χ0v) is 35.5. The zero-order valence-electron chi connectivity index (χ0n) is 28.3. The van der Waals surface area contributed by atoms with Gasteiger partial charge in [-0.3, -0.25) is 4.90 Å². The van der Waals surface area contributed by atoms with Gasteiger partial charge in [-0.05, 0) is 0 Å². The van der Waals surface area contributed by atoms with Gasteiger partial charge in [-0.15, -0.1) is 14.9 Å². The maximum absolute atomic E-state index is 6.58. The molecule has 0 N–H and O–H groups in total. The van der Waals surface area contributed by atoms with E-state index >= 15 is 0 Å². The van der Waals surface area contributed by atoms with E-state index in [1.54, 1.807) is 0 Å². The maximum Gasteiger partial charge on any atom is 1.00 e. The number of hydrogen-bond acceptors (Lipinski definition) is 10. The average molecular weight is 694 g/mol. The molecule has 4 rings (SSSR count). The predicted octanol–water partition coefficient (Wildman–Crippen LogP) is -0.0154. The van der Waals surface area contributed by atoms with Crippen LogP contribution in [0.4, 0.5) is 0 Å². The smallest absolute Gasteiger partial charge is 0.396 e. The van der Waals surface area contributed by atoms with Crippen molar-refractivity contribution < 1.29 is 93.1 Å². The largest absolute Gasteiger partial charge is 1.00 e. The predicted molar refractivity (Wildman–Crippen MR) is 171 cm³/mol. The number of hydrogen-bond donors (Lipinski definition) is 0. The molecule has 0 spiro atoms. The summed E-state index contributed by atoms with van der Waals surface area (Å²) >= 11 is 0. The van der Waals surface area contributed by atoms with Crippen LogP contribution in [0.2, 0.25) is 37.8 Å². The molecule has 42 heavy (non-hydrogen) atoms. The molecule has 0 aromatic heterocycles. The Bertz CT molecular complexity index is 600. The van der Waals surface area contributed by atoms with E-state index in [-0.39, 0.29) is 51.4 Å². The molecule has 4 aliphatic rings. The summed E-state index contributed by atoms with van der Waals surface area (Å²) in [4.78, 5) is 2.41. The van der Waals surface area contributed by atoms with Crippen LogP contribution in [0.15, 0.2) is 0 Å². The molecule has 10 nitrogen and oxygen atoms in total. The van der Waals surface area contributed by atoms with E-state index in [0.717, 1.165) is 39.5 Å². The topological polar surface area (TPSA) is 86.3 Å². The number of rotatable bonds is 3. The molecule has 0 aromatic rings. The van der Waals surface area contributed by atoms with Gasteiger partial charge >= 0.3 is 51.4 Å². The van der Waals surface area contributed by atoms with E-state index in [4.69, 9.17) is 41.7 Å². The quantitative estimate of drug-likeness (QED) is 0.377. The van der Waals surface area contributed by atoms with Gasteiger partial charge in [0.15, 0.2) is 0 Å². The fraction of sp³-hybridized carbons (Fsp3) is 1.00. The Morgan fingerprint density at radius 3 is 0.976 bits per heavy atom. The zero-order chi connectivity index (χ0) is 30.2. The van der Waals surface area contributed by atoms with Crippen LogP contribution >= 0.6 is 0 Å². The first-order valence-corrected chi connectivity index (χ1v) is 28.1. The van der Waals surface area contributed by atoms with E-state index < -0.39 is 30.9 Å². The monoisotopic (exact) mass is 693 g/mol. The standard InChI is InChI=1S/C15H36NO3Si4.C12H24O6.K/c1-15(2,3)22(7,8)20(21(4,5)6)23-17-12-9-16(10-13-18-23)11-14-19-23;1-2-14-5-6-16-9-10-18-12-11-17-8-7-15-4-3-13-1;/h9-14H2,1-8H3;1-12H2;/q-1;;+1. The maximum atomic E-state index is 6.58. The van der Waals surface area contributed by atoms with Crippen molar-refractivity contribution in [1.82, 2.24) is 4.90 Å². The minimum Gasteiger partial charge on any atom is -0.396 e. The van der Waals surface area contributed by atoms with Crippen LogP contribution in [0, 0.1) is 0 Å². The van der Waals surface area contributed by atoms with E-state index in [2.05, 4.69) is 58.4 Å². The van der Waals surface area contributed by atoms with Crippen molar-refractivity contribution in [3.8, 4) is 0 Å². The summed E-state index contributed by atoms with van der Waals surface area (Å²) in [7, 11) is -6.30. The Hall–Kier alpha value is 2.10. The molecule has 0 radical (unpaired) electrons. The van der Waals surface area contributed by atoms with Gasteiger partial charge in [-0.2, -0.15) is 0 Å². The molecule has 0 saturated carbocycles. The molecule has 0 unspecified atom stereocenters. The Morgan fingerprint density at radius 1 is 0.500 bits per heavy atom. The van der Waals surface area contributed by atoms with Crippen LogP contribution in [0.5, 0.6) is 0 Å². The Balaban J connectivity index is 0.000000423. The van der Waals surface area contributed by atoms with Gasteiger partial charge in [0.2, 0.25) is 0 Å². The third-order valence-electron chi connectivity index (χ3n) is 7.89. The first-order valence-electron chi connectivity index (χ1n) is 15.4. The van der Waals surface area contributed by atoms with Gasteiger partial charge in [-0.1, -0.05) is 66.1 Å². The van der Waals surface area contributed by atoms with Gasteiger partial charge < -0.3 is 41.7 Å². The van der Waals surface area contributed by atoms with E-state index in [1.807, 2.05) is 0 Å². The molecule has 0 aliphatic carbocycles. The first-order chi connectivity index (χ1) is 19.4.